The largest absolute Gasteiger partial charge is 0.319 e. The number of carbonyl (C=O) groups excluding carboxylic acids is 1. The number of hydrogen-bond donors (Lipinski definition) is 1. The Morgan fingerprint density at radius 1 is 1.26 bits per heavy atom. The Morgan fingerprint density at radius 2 is 2.00 bits per heavy atom. The van der Waals surface area contributed by atoms with Crippen LogP contribution in [0.1, 0.15) is 21.5 Å². The molecule has 0 saturated carbocycles. The number of pyridine rings is 1. The zero-order chi connectivity index (χ0) is 14.0. The second-order valence-electron chi connectivity index (χ2n) is 4.18. The van der Waals surface area contributed by atoms with Crippen LogP contribution >= 0.6 is 27.5 Å². The Morgan fingerprint density at radius 3 is 2.68 bits per heavy atom. The zero-order valence-corrected chi connectivity index (χ0v) is 12.8. The lowest BCUT2D eigenvalue weighted by Gasteiger charge is -2.11. The normalized spacial score (nSPS) is 10.3. The molecule has 0 spiro atoms. The molecule has 0 atom stereocenters. The minimum atomic E-state index is -0.214. The SMILES string of the molecule is Cc1cccc(C(=O)Nc2c(C)ccnc2Cl)c1Br. The van der Waals surface area contributed by atoms with Crippen molar-refractivity contribution in [3.05, 3.63) is 56.8 Å². The third-order valence-electron chi connectivity index (χ3n) is 2.79. The molecule has 0 fully saturated rings. The Hall–Kier alpha value is -1.39. The van der Waals surface area contributed by atoms with Crippen LogP contribution in [-0.4, -0.2) is 10.9 Å². The molecule has 0 radical (unpaired) electrons. The molecule has 0 bridgehead atoms. The van der Waals surface area contributed by atoms with Crippen LogP contribution in [0.3, 0.4) is 0 Å². The van der Waals surface area contributed by atoms with Crippen molar-refractivity contribution in [2.24, 2.45) is 0 Å². The van der Waals surface area contributed by atoms with Gasteiger partial charge in [0.1, 0.15) is 0 Å². The predicted molar refractivity (Wildman–Crippen MR) is 80.8 cm³/mol. The van der Waals surface area contributed by atoms with Crippen molar-refractivity contribution in [1.82, 2.24) is 4.98 Å². The fraction of sp³-hybridized carbons (Fsp3) is 0.143. The van der Waals surface area contributed by atoms with E-state index < -0.39 is 0 Å². The van der Waals surface area contributed by atoms with Crippen LogP contribution < -0.4 is 5.32 Å². The van der Waals surface area contributed by atoms with Gasteiger partial charge in [0.05, 0.1) is 11.3 Å². The first-order valence-corrected chi connectivity index (χ1v) is 6.85. The van der Waals surface area contributed by atoms with Gasteiger partial charge in [-0.1, -0.05) is 23.7 Å². The first-order valence-electron chi connectivity index (χ1n) is 5.68. The molecule has 2 rings (SSSR count). The van der Waals surface area contributed by atoms with E-state index in [0.717, 1.165) is 15.6 Å². The quantitative estimate of drug-likeness (QED) is 0.826. The van der Waals surface area contributed by atoms with E-state index in [9.17, 15) is 4.79 Å². The van der Waals surface area contributed by atoms with Crippen molar-refractivity contribution in [1.29, 1.82) is 0 Å². The van der Waals surface area contributed by atoms with Crippen molar-refractivity contribution in [2.75, 3.05) is 5.32 Å². The van der Waals surface area contributed by atoms with Crippen molar-refractivity contribution in [3.63, 3.8) is 0 Å². The molecular weight excluding hydrogens is 328 g/mol. The summed E-state index contributed by atoms with van der Waals surface area (Å²) in [7, 11) is 0. The number of aryl methyl sites for hydroxylation is 2. The molecule has 5 heteroatoms. The third-order valence-corrected chi connectivity index (χ3v) is 4.13. The lowest BCUT2D eigenvalue weighted by molar-refractivity contribution is 0.102. The summed E-state index contributed by atoms with van der Waals surface area (Å²) in [6.45, 7) is 3.80. The minimum Gasteiger partial charge on any atom is -0.319 e. The average molecular weight is 340 g/mol. The molecule has 1 amide bonds. The summed E-state index contributed by atoms with van der Waals surface area (Å²) in [6.07, 6.45) is 1.61. The van der Waals surface area contributed by atoms with E-state index in [0.29, 0.717) is 11.3 Å². The summed E-state index contributed by atoms with van der Waals surface area (Å²) in [5.41, 5.74) is 2.99. The standard InChI is InChI=1S/C14H12BrClN2O/c1-8-4-3-5-10(11(8)15)14(19)18-12-9(2)6-7-17-13(12)16/h3-7H,1-2H3,(H,18,19). The number of nitrogens with one attached hydrogen (secondary N) is 1. The summed E-state index contributed by atoms with van der Waals surface area (Å²) in [5, 5.41) is 3.09. The van der Waals surface area contributed by atoms with Gasteiger partial charge in [0.15, 0.2) is 5.15 Å². The van der Waals surface area contributed by atoms with Crippen LogP contribution in [0.4, 0.5) is 5.69 Å². The van der Waals surface area contributed by atoms with Crippen molar-refractivity contribution in [2.45, 2.75) is 13.8 Å². The lowest BCUT2D eigenvalue weighted by Crippen LogP contribution is -2.14. The zero-order valence-electron chi connectivity index (χ0n) is 10.5. The van der Waals surface area contributed by atoms with E-state index in [1.807, 2.05) is 26.0 Å². The Balaban J connectivity index is 2.34. The number of hydrogen-bond acceptors (Lipinski definition) is 2. The van der Waals surface area contributed by atoms with Crippen LogP contribution in [0.2, 0.25) is 5.15 Å². The number of aromatic nitrogens is 1. The van der Waals surface area contributed by atoms with Gasteiger partial charge >= 0.3 is 0 Å². The minimum absolute atomic E-state index is 0.214. The number of halogens is 2. The van der Waals surface area contributed by atoms with Gasteiger partial charge in [-0.25, -0.2) is 4.98 Å². The Labute approximate surface area is 125 Å². The van der Waals surface area contributed by atoms with E-state index in [2.05, 4.69) is 26.2 Å². The molecule has 2 aromatic rings. The molecular formula is C14H12BrClN2O. The van der Waals surface area contributed by atoms with Crippen molar-refractivity contribution < 1.29 is 4.79 Å². The highest BCUT2D eigenvalue weighted by Gasteiger charge is 2.14. The lowest BCUT2D eigenvalue weighted by atomic mass is 10.1. The molecule has 1 aromatic heterocycles. The second-order valence-corrected chi connectivity index (χ2v) is 5.34. The van der Waals surface area contributed by atoms with Gasteiger partial charge in [-0.2, -0.15) is 0 Å². The first kappa shape index (κ1) is 14.0. The van der Waals surface area contributed by atoms with Gasteiger partial charge in [-0.05, 0) is 53.0 Å². The van der Waals surface area contributed by atoms with E-state index in [-0.39, 0.29) is 11.1 Å². The topological polar surface area (TPSA) is 42.0 Å². The molecule has 0 aliphatic carbocycles. The molecule has 1 heterocycles. The van der Waals surface area contributed by atoms with Crippen molar-refractivity contribution >= 4 is 39.1 Å². The van der Waals surface area contributed by atoms with Gasteiger partial charge in [0, 0.05) is 10.7 Å². The molecule has 0 aliphatic rings. The fourth-order valence-electron chi connectivity index (χ4n) is 1.68. The average Bonchev–Trinajstić information content (AvgIpc) is 2.37. The number of carbonyl (C=O) groups is 1. The Bertz CT molecular complexity index is 623. The highest BCUT2D eigenvalue weighted by atomic mass is 79.9. The van der Waals surface area contributed by atoms with Crippen LogP contribution in [-0.2, 0) is 0 Å². The maximum atomic E-state index is 12.3. The molecule has 98 valence electrons. The number of nitrogens with zero attached hydrogens (tertiary/aromatic N) is 1. The summed E-state index contributed by atoms with van der Waals surface area (Å²) < 4.78 is 0.783. The van der Waals surface area contributed by atoms with Crippen LogP contribution in [0, 0.1) is 13.8 Å². The molecule has 0 unspecified atom stereocenters. The maximum Gasteiger partial charge on any atom is 0.256 e. The third kappa shape index (κ3) is 2.96. The summed E-state index contributed by atoms with van der Waals surface area (Å²) in [6, 6.07) is 7.33. The van der Waals surface area contributed by atoms with E-state index in [1.165, 1.54) is 0 Å². The Kier molecular flexibility index (Phi) is 4.22. The van der Waals surface area contributed by atoms with Gasteiger partial charge < -0.3 is 5.32 Å². The summed E-state index contributed by atoms with van der Waals surface area (Å²) in [4.78, 5) is 16.2. The maximum absolute atomic E-state index is 12.3. The number of amides is 1. The molecule has 1 aromatic carbocycles. The second kappa shape index (κ2) is 5.72. The molecule has 19 heavy (non-hydrogen) atoms. The molecule has 0 aliphatic heterocycles. The van der Waals surface area contributed by atoms with Crippen LogP contribution in [0.15, 0.2) is 34.9 Å². The van der Waals surface area contributed by atoms with E-state index >= 15 is 0 Å². The van der Waals surface area contributed by atoms with Crippen LogP contribution in [0.25, 0.3) is 0 Å². The highest BCUT2D eigenvalue weighted by molar-refractivity contribution is 9.10. The fourth-order valence-corrected chi connectivity index (χ4v) is 2.38. The van der Waals surface area contributed by atoms with Gasteiger partial charge in [0.25, 0.3) is 5.91 Å². The summed E-state index contributed by atoms with van der Waals surface area (Å²) >= 11 is 9.42. The highest BCUT2D eigenvalue weighted by Crippen LogP contribution is 2.26. The smallest absolute Gasteiger partial charge is 0.256 e. The van der Waals surface area contributed by atoms with E-state index in [4.69, 9.17) is 11.6 Å². The van der Waals surface area contributed by atoms with Gasteiger partial charge in [-0.3, -0.25) is 4.79 Å². The monoisotopic (exact) mass is 338 g/mol. The van der Waals surface area contributed by atoms with Crippen LogP contribution in [0.5, 0.6) is 0 Å². The first-order chi connectivity index (χ1) is 9.00. The van der Waals surface area contributed by atoms with Crippen molar-refractivity contribution in [3.8, 4) is 0 Å². The number of benzene rings is 1. The van der Waals surface area contributed by atoms with Gasteiger partial charge in [-0.15, -0.1) is 0 Å². The number of rotatable bonds is 2. The molecule has 0 saturated heterocycles. The van der Waals surface area contributed by atoms with E-state index in [1.54, 1.807) is 18.3 Å². The molecule has 1 N–H and O–H groups in total. The van der Waals surface area contributed by atoms with Gasteiger partial charge in [0.2, 0.25) is 0 Å². The summed E-state index contributed by atoms with van der Waals surface area (Å²) in [5.74, 6) is -0.214. The molecule has 3 nitrogen and oxygen atoms in total. The predicted octanol–water partition coefficient (Wildman–Crippen LogP) is 4.37. The number of anilines is 1.